The largest absolute Gasteiger partial charge is 0.438 e. The number of hydrogen-bond donors (Lipinski definition) is 0. The van der Waals surface area contributed by atoms with Crippen molar-refractivity contribution in [2.75, 3.05) is 0 Å². The summed E-state index contributed by atoms with van der Waals surface area (Å²) in [7, 11) is 2.05. The number of rotatable bonds is 1. The van der Waals surface area contributed by atoms with Crippen molar-refractivity contribution >= 4 is 22.1 Å². The first kappa shape index (κ1) is 12.1. The zero-order valence-corrected chi connectivity index (χ0v) is 12.0. The maximum Gasteiger partial charge on any atom is 0.227 e. The van der Waals surface area contributed by atoms with E-state index in [0.29, 0.717) is 5.71 Å². The van der Waals surface area contributed by atoms with Crippen LogP contribution in [-0.4, -0.2) is 4.98 Å². The van der Waals surface area contributed by atoms with Crippen LogP contribution in [0.15, 0.2) is 59.3 Å². The summed E-state index contributed by atoms with van der Waals surface area (Å²) in [5.74, 6) is 0. The number of furan rings is 1. The highest BCUT2D eigenvalue weighted by Crippen LogP contribution is 2.32. The minimum absolute atomic E-state index is 0.696. The van der Waals surface area contributed by atoms with Gasteiger partial charge >= 0.3 is 0 Å². The molecule has 0 radical (unpaired) electrons. The minimum Gasteiger partial charge on any atom is -0.438 e. The fourth-order valence-electron chi connectivity index (χ4n) is 2.84. The highest BCUT2D eigenvalue weighted by Gasteiger charge is 2.15. The molecule has 4 rings (SSSR count). The normalized spacial score (nSPS) is 11.3. The van der Waals surface area contributed by atoms with Crippen LogP contribution in [-0.2, 0) is 7.05 Å². The van der Waals surface area contributed by atoms with Crippen molar-refractivity contribution in [1.29, 1.82) is 0 Å². The van der Waals surface area contributed by atoms with E-state index in [4.69, 9.17) is 4.42 Å². The van der Waals surface area contributed by atoms with Gasteiger partial charge in [0.2, 0.25) is 11.4 Å². The Morgan fingerprint density at radius 2 is 1.95 bits per heavy atom. The van der Waals surface area contributed by atoms with Crippen molar-refractivity contribution in [3.63, 3.8) is 0 Å². The van der Waals surface area contributed by atoms with Gasteiger partial charge in [-0.15, -0.1) is 0 Å². The smallest absolute Gasteiger partial charge is 0.227 e. The number of fused-ring (bicyclic) bond motifs is 3. The molecule has 3 heteroatoms. The molecule has 1 aromatic carbocycles. The molecule has 0 saturated carbocycles. The summed E-state index contributed by atoms with van der Waals surface area (Å²) in [6.07, 6.45) is 3.81. The molecule has 0 fully saturated rings. The van der Waals surface area contributed by atoms with Crippen LogP contribution in [0.5, 0.6) is 0 Å². The van der Waals surface area contributed by atoms with Gasteiger partial charge in [0.15, 0.2) is 6.20 Å². The molecule has 0 spiro atoms. The second kappa shape index (κ2) is 4.42. The van der Waals surface area contributed by atoms with Gasteiger partial charge in [-0.25, -0.2) is 9.55 Å². The summed E-state index contributed by atoms with van der Waals surface area (Å²) in [4.78, 5) is 4.30. The molecule has 0 bridgehead atoms. The number of hydrogen-bond acceptors (Lipinski definition) is 2. The summed E-state index contributed by atoms with van der Waals surface area (Å²) in [6.45, 7) is 2.14. The first-order valence-electron chi connectivity index (χ1n) is 6.97. The lowest BCUT2D eigenvalue weighted by Crippen LogP contribution is -2.30. The number of aromatic nitrogens is 2. The Balaban J connectivity index is 2.06. The summed E-state index contributed by atoms with van der Waals surface area (Å²) in [5.41, 5.74) is 5.17. The maximum absolute atomic E-state index is 5.89. The third-order valence-electron chi connectivity index (χ3n) is 3.93. The Bertz CT molecular complexity index is 969. The van der Waals surface area contributed by atoms with Crippen molar-refractivity contribution in [3.8, 4) is 11.3 Å². The summed E-state index contributed by atoms with van der Waals surface area (Å²) >= 11 is 0. The number of nitrogens with zero attached hydrogens (tertiary/aromatic N) is 2. The molecule has 0 aliphatic heterocycles. The van der Waals surface area contributed by atoms with Crippen LogP contribution in [0.2, 0.25) is 0 Å². The highest BCUT2D eigenvalue weighted by molar-refractivity contribution is 6.05. The number of aryl methyl sites for hydroxylation is 2. The molecule has 0 atom stereocenters. The van der Waals surface area contributed by atoms with Crippen molar-refractivity contribution in [2.24, 2.45) is 7.05 Å². The van der Waals surface area contributed by atoms with Gasteiger partial charge in [0.1, 0.15) is 12.6 Å². The maximum atomic E-state index is 5.89. The topological polar surface area (TPSA) is 29.9 Å². The van der Waals surface area contributed by atoms with Gasteiger partial charge in [-0.05, 0) is 42.8 Å². The monoisotopic (exact) mass is 275 g/mol. The molecular formula is C18H15N2O+. The Hall–Kier alpha value is -2.68. The van der Waals surface area contributed by atoms with Crippen LogP contribution >= 0.6 is 0 Å². The number of benzene rings is 1. The third-order valence-corrected chi connectivity index (χ3v) is 3.93. The lowest BCUT2D eigenvalue weighted by Gasteiger charge is -2.04. The molecule has 0 saturated heterocycles. The molecule has 0 aliphatic carbocycles. The fourth-order valence-corrected chi connectivity index (χ4v) is 2.84. The Morgan fingerprint density at radius 3 is 2.81 bits per heavy atom. The lowest BCUT2D eigenvalue weighted by atomic mass is 10.0. The fraction of sp³-hybridized carbons (Fsp3) is 0.111. The van der Waals surface area contributed by atoms with E-state index in [-0.39, 0.29) is 0 Å². The first-order valence-corrected chi connectivity index (χ1v) is 6.97. The van der Waals surface area contributed by atoms with Crippen LogP contribution in [0.1, 0.15) is 5.56 Å². The highest BCUT2D eigenvalue weighted by atomic mass is 16.3. The second-order valence-electron chi connectivity index (χ2n) is 5.32. The first-order chi connectivity index (χ1) is 10.2. The Labute approximate surface area is 122 Å². The van der Waals surface area contributed by atoms with Gasteiger partial charge in [0.05, 0.1) is 5.56 Å². The molecule has 0 amide bonds. The molecule has 0 N–H and O–H groups in total. The van der Waals surface area contributed by atoms with Gasteiger partial charge in [0, 0.05) is 29.1 Å². The van der Waals surface area contributed by atoms with Crippen LogP contribution in [0.4, 0.5) is 0 Å². The Morgan fingerprint density at radius 1 is 1.05 bits per heavy atom. The zero-order valence-electron chi connectivity index (χ0n) is 12.0. The molecule has 3 nitrogen and oxygen atoms in total. The van der Waals surface area contributed by atoms with Crippen LogP contribution in [0.25, 0.3) is 33.3 Å². The zero-order chi connectivity index (χ0) is 14.4. The summed E-state index contributed by atoms with van der Waals surface area (Å²) < 4.78 is 8.01. The van der Waals surface area contributed by atoms with E-state index < -0.39 is 0 Å². The van der Waals surface area contributed by atoms with Crippen molar-refractivity contribution in [3.05, 3.63) is 60.4 Å². The average Bonchev–Trinajstić information content (AvgIpc) is 2.85. The van der Waals surface area contributed by atoms with E-state index in [1.807, 2.05) is 12.1 Å². The molecule has 21 heavy (non-hydrogen) atoms. The van der Waals surface area contributed by atoms with Crippen LogP contribution < -0.4 is 4.57 Å². The van der Waals surface area contributed by atoms with Gasteiger partial charge in [0.25, 0.3) is 0 Å². The third kappa shape index (κ3) is 1.82. The van der Waals surface area contributed by atoms with E-state index in [0.717, 1.165) is 16.4 Å². The van der Waals surface area contributed by atoms with Crippen LogP contribution in [0, 0.1) is 6.92 Å². The van der Waals surface area contributed by atoms with E-state index in [2.05, 4.69) is 60.1 Å². The van der Waals surface area contributed by atoms with Gasteiger partial charge in [-0.2, -0.15) is 0 Å². The average molecular weight is 275 g/mol. The molecule has 3 aromatic heterocycles. The van der Waals surface area contributed by atoms with E-state index in [9.17, 15) is 0 Å². The predicted octanol–water partition coefficient (Wildman–Crippen LogP) is 3.78. The number of pyridine rings is 2. The summed E-state index contributed by atoms with van der Waals surface area (Å²) in [6, 6.07) is 14.5. The molecule has 3 heterocycles. The molecule has 0 unspecified atom stereocenters. The van der Waals surface area contributed by atoms with Gasteiger partial charge in [-0.1, -0.05) is 0 Å². The molecular weight excluding hydrogens is 260 g/mol. The van der Waals surface area contributed by atoms with Crippen LogP contribution in [0.3, 0.4) is 0 Å². The van der Waals surface area contributed by atoms with Gasteiger partial charge in [-0.3, -0.25) is 0 Å². The standard InChI is InChI=1S/C18H15N2O/c1-12-10-15-13-6-5-8-19-18(13)21-17(15)11-14(12)16-7-3-4-9-20(16)2/h3-11H,1-2H3/q+1. The molecule has 4 aromatic rings. The lowest BCUT2D eigenvalue weighted by molar-refractivity contribution is -0.660. The van der Waals surface area contributed by atoms with Gasteiger partial charge < -0.3 is 4.42 Å². The van der Waals surface area contributed by atoms with E-state index in [1.165, 1.54) is 16.8 Å². The summed E-state index contributed by atoms with van der Waals surface area (Å²) in [5, 5.41) is 2.19. The Kier molecular flexibility index (Phi) is 2.54. The van der Waals surface area contributed by atoms with Crippen molar-refractivity contribution < 1.29 is 8.98 Å². The minimum atomic E-state index is 0.696. The molecule has 0 aliphatic rings. The van der Waals surface area contributed by atoms with E-state index >= 15 is 0 Å². The SMILES string of the molecule is Cc1cc2c(cc1-c1cccc[n+]1C)oc1ncccc12. The van der Waals surface area contributed by atoms with E-state index in [1.54, 1.807) is 6.20 Å². The predicted molar refractivity (Wildman–Crippen MR) is 82.9 cm³/mol. The van der Waals surface area contributed by atoms with Crippen molar-refractivity contribution in [1.82, 2.24) is 4.98 Å². The second-order valence-corrected chi connectivity index (χ2v) is 5.32. The molecule has 102 valence electrons. The quantitative estimate of drug-likeness (QED) is 0.495. The van der Waals surface area contributed by atoms with Crippen molar-refractivity contribution in [2.45, 2.75) is 6.92 Å².